The SMILES string of the molecule is CCOC(C)c1nc(CN2CCNCC2c2cccc(Cl)c2)cs1. The highest BCUT2D eigenvalue weighted by atomic mass is 35.5. The molecule has 0 aliphatic carbocycles. The van der Waals surface area contributed by atoms with Crippen LogP contribution in [0.15, 0.2) is 29.6 Å². The van der Waals surface area contributed by atoms with Gasteiger partial charge in [0.2, 0.25) is 0 Å². The zero-order valence-corrected chi connectivity index (χ0v) is 15.7. The van der Waals surface area contributed by atoms with Crippen LogP contribution < -0.4 is 5.32 Å². The lowest BCUT2D eigenvalue weighted by Gasteiger charge is -2.36. The molecule has 1 aliphatic rings. The molecule has 0 saturated carbocycles. The minimum Gasteiger partial charge on any atom is -0.372 e. The molecule has 2 heterocycles. The molecule has 2 unspecified atom stereocenters. The molecule has 6 heteroatoms. The Hall–Kier alpha value is -0.980. The van der Waals surface area contributed by atoms with Crippen LogP contribution in [0.25, 0.3) is 0 Å². The molecule has 130 valence electrons. The van der Waals surface area contributed by atoms with Crippen molar-refractivity contribution in [2.24, 2.45) is 0 Å². The highest BCUT2D eigenvalue weighted by Crippen LogP contribution is 2.27. The minimum absolute atomic E-state index is 0.0699. The number of piperazine rings is 1. The molecular weight excluding hydrogens is 342 g/mol. The van der Waals surface area contributed by atoms with Crippen molar-refractivity contribution in [2.45, 2.75) is 32.5 Å². The zero-order valence-electron chi connectivity index (χ0n) is 14.2. The third-order valence-electron chi connectivity index (χ3n) is 4.29. The monoisotopic (exact) mass is 365 g/mol. The van der Waals surface area contributed by atoms with Gasteiger partial charge in [0.15, 0.2) is 0 Å². The summed E-state index contributed by atoms with van der Waals surface area (Å²) in [6, 6.07) is 8.49. The maximum absolute atomic E-state index is 6.18. The van der Waals surface area contributed by atoms with Crippen LogP contribution in [0.4, 0.5) is 0 Å². The van der Waals surface area contributed by atoms with Crippen molar-refractivity contribution in [3.8, 4) is 0 Å². The van der Waals surface area contributed by atoms with Gasteiger partial charge in [0.05, 0.1) is 5.69 Å². The Labute approximate surface area is 152 Å². The van der Waals surface area contributed by atoms with Crippen molar-refractivity contribution in [1.82, 2.24) is 15.2 Å². The first-order valence-corrected chi connectivity index (χ1v) is 9.69. The summed E-state index contributed by atoms with van der Waals surface area (Å²) in [7, 11) is 0. The van der Waals surface area contributed by atoms with Gasteiger partial charge in [-0.15, -0.1) is 11.3 Å². The summed E-state index contributed by atoms with van der Waals surface area (Å²) >= 11 is 7.86. The number of thiazole rings is 1. The highest BCUT2D eigenvalue weighted by Gasteiger charge is 2.25. The van der Waals surface area contributed by atoms with E-state index in [9.17, 15) is 0 Å². The van der Waals surface area contributed by atoms with E-state index in [-0.39, 0.29) is 6.10 Å². The van der Waals surface area contributed by atoms with E-state index in [4.69, 9.17) is 21.3 Å². The van der Waals surface area contributed by atoms with Gasteiger partial charge >= 0.3 is 0 Å². The predicted molar refractivity (Wildman–Crippen MR) is 99.6 cm³/mol. The summed E-state index contributed by atoms with van der Waals surface area (Å²) in [6.07, 6.45) is 0.0699. The molecule has 0 amide bonds. The second kappa shape index (κ2) is 8.41. The number of hydrogen-bond donors (Lipinski definition) is 1. The largest absolute Gasteiger partial charge is 0.372 e. The average Bonchev–Trinajstić information content (AvgIpc) is 3.04. The molecule has 2 atom stereocenters. The predicted octanol–water partition coefficient (Wildman–Crippen LogP) is 4.04. The number of halogens is 1. The van der Waals surface area contributed by atoms with Gasteiger partial charge in [-0.25, -0.2) is 4.98 Å². The Balaban J connectivity index is 1.72. The van der Waals surface area contributed by atoms with E-state index in [0.717, 1.165) is 41.9 Å². The maximum atomic E-state index is 6.18. The van der Waals surface area contributed by atoms with Gasteiger partial charge in [0.25, 0.3) is 0 Å². The van der Waals surface area contributed by atoms with Crippen LogP contribution in [-0.2, 0) is 11.3 Å². The lowest BCUT2D eigenvalue weighted by molar-refractivity contribution is 0.0758. The van der Waals surface area contributed by atoms with Crippen LogP contribution >= 0.6 is 22.9 Å². The van der Waals surface area contributed by atoms with Crippen LogP contribution in [0.3, 0.4) is 0 Å². The normalized spacial score (nSPS) is 20.2. The molecule has 24 heavy (non-hydrogen) atoms. The molecule has 0 radical (unpaired) electrons. The fourth-order valence-electron chi connectivity index (χ4n) is 3.09. The molecule has 3 rings (SSSR count). The Morgan fingerprint density at radius 3 is 3.17 bits per heavy atom. The van der Waals surface area contributed by atoms with Crippen molar-refractivity contribution >= 4 is 22.9 Å². The topological polar surface area (TPSA) is 37.4 Å². The molecule has 1 aliphatic heterocycles. The van der Waals surface area contributed by atoms with Gasteiger partial charge in [0.1, 0.15) is 11.1 Å². The molecule has 1 fully saturated rings. The third kappa shape index (κ3) is 4.35. The molecular formula is C18H24ClN3OS. The van der Waals surface area contributed by atoms with Crippen LogP contribution in [0.5, 0.6) is 0 Å². The summed E-state index contributed by atoms with van der Waals surface area (Å²) in [5.41, 5.74) is 2.38. The van der Waals surface area contributed by atoms with Gasteiger partial charge in [-0.05, 0) is 31.5 Å². The summed E-state index contributed by atoms with van der Waals surface area (Å²) in [5.74, 6) is 0. The fourth-order valence-corrected chi connectivity index (χ4v) is 4.10. The maximum Gasteiger partial charge on any atom is 0.122 e. The molecule has 2 aromatic rings. The quantitative estimate of drug-likeness (QED) is 0.838. The van der Waals surface area contributed by atoms with E-state index in [1.54, 1.807) is 11.3 Å². The number of hydrogen-bond acceptors (Lipinski definition) is 5. The van der Waals surface area contributed by atoms with Crippen LogP contribution in [0.2, 0.25) is 5.02 Å². The zero-order chi connectivity index (χ0) is 16.9. The van der Waals surface area contributed by atoms with Gasteiger partial charge in [-0.1, -0.05) is 23.7 Å². The van der Waals surface area contributed by atoms with E-state index in [2.05, 4.69) is 34.7 Å². The van der Waals surface area contributed by atoms with Crippen molar-refractivity contribution < 1.29 is 4.74 Å². The number of nitrogens with one attached hydrogen (secondary N) is 1. The summed E-state index contributed by atoms with van der Waals surface area (Å²) in [4.78, 5) is 7.25. The third-order valence-corrected chi connectivity index (χ3v) is 5.58. The molecule has 1 aromatic carbocycles. The van der Waals surface area contributed by atoms with Crippen LogP contribution in [0, 0.1) is 0 Å². The molecule has 0 bridgehead atoms. The highest BCUT2D eigenvalue weighted by molar-refractivity contribution is 7.09. The molecule has 1 N–H and O–H groups in total. The van der Waals surface area contributed by atoms with Crippen molar-refractivity contribution in [3.63, 3.8) is 0 Å². The first-order chi connectivity index (χ1) is 11.7. The molecule has 1 saturated heterocycles. The van der Waals surface area contributed by atoms with Crippen molar-refractivity contribution in [3.05, 3.63) is 50.9 Å². The summed E-state index contributed by atoms with van der Waals surface area (Å²) in [6.45, 7) is 8.59. The van der Waals surface area contributed by atoms with Crippen LogP contribution in [0.1, 0.15) is 42.3 Å². The average molecular weight is 366 g/mol. The van der Waals surface area contributed by atoms with Crippen molar-refractivity contribution in [2.75, 3.05) is 26.2 Å². The number of benzene rings is 1. The first-order valence-electron chi connectivity index (χ1n) is 8.43. The number of ether oxygens (including phenoxy) is 1. The lowest BCUT2D eigenvalue weighted by Crippen LogP contribution is -2.45. The van der Waals surface area contributed by atoms with E-state index in [1.807, 2.05) is 19.1 Å². The number of aromatic nitrogens is 1. The molecule has 1 aromatic heterocycles. The summed E-state index contributed by atoms with van der Waals surface area (Å²) in [5, 5.41) is 7.49. The van der Waals surface area contributed by atoms with E-state index >= 15 is 0 Å². The Morgan fingerprint density at radius 2 is 2.38 bits per heavy atom. The fraction of sp³-hybridized carbons (Fsp3) is 0.500. The molecule has 0 spiro atoms. The van der Waals surface area contributed by atoms with E-state index in [1.165, 1.54) is 5.56 Å². The number of rotatable bonds is 6. The van der Waals surface area contributed by atoms with Crippen LogP contribution in [-0.4, -0.2) is 36.1 Å². The Kier molecular flexibility index (Phi) is 6.25. The second-order valence-corrected chi connectivity index (χ2v) is 7.35. The summed E-state index contributed by atoms with van der Waals surface area (Å²) < 4.78 is 5.64. The van der Waals surface area contributed by atoms with E-state index in [0.29, 0.717) is 12.6 Å². The van der Waals surface area contributed by atoms with Gasteiger partial charge in [-0.2, -0.15) is 0 Å². The smallest absolute Gasteiger partial charge is 0.122 e. The number of nitrogens with zero attached hydrogens (tertiary/aromatic N) is 2. The van der Waals surface area contributed by atoms with Gasteiger partial charge in [0, 0.05) is 49.2 Å². The molecule has 4 nitrogen and oxygen atoms in total. The minimum atomic E-state index is 0.0699. The van der Waals surface area contributed by atoms with E-state index < -0.39 is 0 Å². The van der Waals surface area contributed by atoms with Crippen molar-refractivity contribution in [1.29, 1.82) is 0 Å². The Morgan fingerprint density at radius 1 is 1.50 bits per heavy atom. The second-order valence-electron chi connectivity index (χ2n) is 6.02. The first kappa shape index (κ1) is 17.8. The van der Waals surface area contributed by atoms with Gasteiger partial charge in [-0.3, -0.25) is 4.90 Å². The van der Waals surface area contributed by atoms with Gasteiger partial charge < -0.3 is 10.1 Å². The lowest BCUT2D eigenvalue weighted by atomic mass is 10.0. The Bertz CT molecular complexity index is 663. The standard InChI is InChI=1S/C18H24ClN3OS/c1-3-23-13(2)18-21-16(12-24-18)11-22-8-7-20-10-17(22)14-5-4-6-15(19)9-14/h4-6,9,12-13,17,20H,3,7-8,10-11H2,1-2H3.